The summed E-state index contributed by atoms with van der Waals surface area (Å²) in [6.45, 7) is 4.48. The molecule has 0 fully saturated rings. The van der Waals surface area contributed by atoms with Crippen molar-refractivity contribution in [3.8, 4) is 11.1 Å². The van der Waals surface area contributed by atoms with E-state index in [1.165, 1.54) is 38.8 Å². The molecule has 0 saturated heterocycles. The number of nitrogens with zero attached hydrogens (tertiary/aromatic N) is 2. The van der Waals surface area contributed by atoms with Crippen LogP contribution < -0.4 is 0 Å². The lowest BCUT2D eigenvalue weighted by molar-refractivity contribution is 0.803. The van der Waals surface area contributed by atoms with Crippen LogP contribution in [0.25, 0.3) is 22.0 Å². The van der Waals surface area contributed by atoms with Crippen LogP contribution in [0.4, 0.5) is 0 Å². The molecule has 1 unspecified atom stereocenters. The Hall–Kier alpha value is -3.49. The van der Waals surface area contributed by atoms with E-state index >= 15 is 0 Å². The first-order valence-electron chi connectivity index (χ1n) is 11.7. The summed E-state index contributed by atoms with van der Waals surface area (Å²) >= 11 is 6.18. The van der Waals surface area contributed by atoms with Gasteiger partial charge in [-0.05, 0) is 82.6 Å². The topological polar surface area (TPSA) is 25.8 Å². The zero-order valence-electron chi connectivity index (χ0n) is 19.4. The monoisotopic (exact) mass is 462 g/mol. The number of hydrogen-bond acceptors (Lipinski definition) is 2. The Morgan fingerprint density at radius 1 is 0.735 bits per heavy atom. The van der Waals surface area contributed by atoms with Crippen molar-refractivity contribution in [1.29, 1.82) is 0 Å². The largest absolute Gasteiger partial charge is 0.265 e. The summed E-state index contributed by atoms with van der Waals surface area (Å²) in [4.78, 5) is 8.95. The second-order valence-electron chi connectivity index (χ2n) is 9.09. The second kappa shape index (κ2) is 9.79. The summed E-state index contributed by atoms with van der Waals surface area (Å²) in [5, 5.41) is 1.94. The average Bonchev–Trinajstić information content (AvgIpc) is 2.88. The molecule has 2 heterocycles. The van der Waals surface area contributed by atoms with E-state index in [-0.39, 0.29) is 5.92 Å². The summed E-state index contributed by atoms with van der Waals surface area (Å²) in [7, 11) is 0. The van der Waals surface area contributed by atoms with Gasteiger partial charge in [0.15, 0.2) is 0 Å². The smallest absolute Gasteiger partial charge is 0.0780 e. The van der Waals surface area contributed by atoms with E-state index < -0.39 is 0 Å². The van der Waals surface area contributed by atoms with Crippen molar-refractivity contribution in [3.63, 3.8) is 0 Å². The molecule has 0 aliphatic rings. The molecule has 2 aromatic heterocycles. The number of pyridine rings is 2. The SMILES string of the molecule is CC(C)c1cc(-c2cccc(CC(c3ccncc3)c3ccc(Cl)cc3)c2)c2ncccc2c1. The van der Waals surface area contributed by atoms with Gasteiger partial charge < -0.3 is 0 Å². The molecule has 0 N–H and O–H groups in total. The second-order valence-corrected chi connectivity index (χ2v) is 9.52. The number of halogens is 1. The van der Waals surface area contributed by atoms with E-state index in [2.05, 4.69) is 85.6 Å². The number of benzene rings is 3. The van der Waals surface area contributed by atoms with E-state index in [4.69, 9.17) is 16.6 Å². The molecule has 0 aliphatic heterocycles. The Bertz CT molecular complexity index is 1410. The highest BCUT2D eigenvalue weighted by Gasteiger charge is 2.16. The number of rotatable bonds is 6. The minimum absolute atomic E-state index is 0.215. The molecular weight excluding hydrogens is 436 g/mol. The summed E-state index contributed by atoms with van der Waals surface area (Å²) in [6.07, 6.45) is 6.49. The third-order valence-electron chi connectivity index (χ3n) is 6.45. The van der Waals surface area contributed by atoms with Gasteiger partial charge in [0.1, 0.15) is 0 Å². The molecule has 1 atom stereocenters. The first-order valence-corrected chi connectivity index (χ1v) is 12.1. The lowest BCUT2D eigenvalue weighted by Crippen LogP contribution is -2.05. The standard InChI is InChI=1S/C31H27ClN2/c1-21(2)27-19-26-7-4-14-34-31(26)30(20-27)25-6-3-5-22(17-25)18-29(24-12-15-33-16-13-24)23-8-10-28(32)11-9-23/h3-17,19-21,29H,18H2,1-2H3. The summed E-state index contributed by atoms with van der Waals surface area (Å²) in [6, 6.07) is 30.0. The Morgan fingerprint density at radius 2 is 1.50 bits per heavy atom. The highest BCUT2D eigenvalue weighted by Crippen LogP contribution is 2.34. The maximum Gasteiger partial charge on any atom is 0.0780 e. The Kier molecular flexibility index (Phi) is 6.42. The van der Waals surface area contributed by atoms with Gasteiger partial charge in [-0.2, -0.15) is 0 Å². The molecule has 0 amide bonds. The van der Waals surface area contributed by atoms with E-state index in [9.17, 15) is 0 Å². The lowest BCUT2D eigenvalue weighted by atomic mass is 9.85. The van der Waals surface area contributed by atoms with Gasteiger partial charge in [-0.15, -0.1) is 0 Å². The molecule has 0 bridgehead atoms. The van der Waals surface area contributed by atoms with Gasteiger partial charge in [-0.1, -0.05) is 67.9 Å². The fourth-order valence-electron chi connectivity index (χ4n) is 4.59. The third-order valence-corrected chi connectivity index (χ3v) is 6.70. The molecule has 168 valence electrons. The van der Waals surface area contributed by atoms with Crippen molar-refractivity contribution >= 4 is 22.5 Å². The van der Waals surface area contributed by atoms with Crippen molar-refractivity contribution < 1.29 is 0 Å². The van der Waals surface area contributed by atoms with Crippen molar-refractivity contribution in [2.45, 2.75) is 32.1 Å². The van der Waals surface area contributed by atoms with Gasteiger partial charge >= 0.3 is 0 Å². The molecular formula is C31H27ClN2. The van der Waals surface area contributed by atoms with Gasteiger partial charge in [-0.25, -0.2) is 0 Å². The van der Waals surface area contributed by atoms with Crippen LogP contribution in [0.15, 0.2) is 104 Å². The third kappa shape index (κ3) is 4.73. The normalized spacial score (nSPS) is 12.2. The van der Waals surface area contributed by atoms with E-state index in [0.717, 1.165) is 17.0 Å². The van der Waals surface area contributed by atoms with Gasteiger partial charge in [0.2, 0.25) is 0 Å². The zero-order chi connectivity index (χ0) is 23.5. The van der Waals surface area contributed by atoms with Crippen LogP contribution in [0.5, 0.6) is 0 Å². The number of aromatic nitrogens is 2. The van der Waals surface area contributed by atoms with Crippen LogP contribution in [0.3, 0.4) is 0 Å². The first kappa shape index (κ1) is 22.3. The van der Waals surface area contributed by atoms with E-state index in [1.807, 2.05) is 36.8 Å². The fourth-order valence-corrected chi connectivity index (χ4v) is 4.72. The van der Waals surface area contributed by atoms with Gasteiger partial charge in [0.05, 0.1) is 5.52 Å². The molecule has 5 aromatic rings. The highest BCUT2D eigenvalue weighted by atomic mass is 35.5. The van der Waals surface area contributed by atoms with Crippen LogP contribution in [0, 0.1) is 0 Å². The van der Waals surface area contributed by atoms with Crippen LogP contribution in [-0.2, 0) is 6.42 Å². The molecule has 0 saturated carbocycles. The van der Waals surface area contributed by atoms with Crippen molar-refractivity contribution in [2.75, 3.05) is 0 Å². The van der Waals surface area contributed by atoms with Crippen molar-refractivity contribution in [2.24, 2.45) is 0 Å². The minimum atomic E-state index is 0.215. The van der Waals surface area contributed by atoms with Crippen LogP contribution in [0.1, 0.15) is 47.9 Å². The lowest BCUT2D eigenvalue weighted by Gasteiger charge is -2.19. The van der Waals surface area contributed by atoms with Crippen molar-refractivity contribution in [1.82, 2.24) is 9.97 Å². The Morgan fingerprint density at radius 3 is 2.26 bits per heavy atom. The van der Waals surface area contributed by atoms with E-state index in [0.29, 0.717) is 5.92 Å². The zero-order valence-corrected chi connectivity index (χ0v) is 20.2. The molecule has 5 rings (SSSR count). The number of hydrogen-bond donors (Lipinski definition) is 0. The Labute approximate surface area is 206 Å². The first-order chi connectivity index (χ1) is 16.6. The van der Waals surface area contributed by atoms with Gasteiger partial charge in [0, 0.05) is 40.5 Å². The molecule has 0 spiro atoms. The molecule has 0 radical (unpaired) electrons. The summed E-state index contributed by atoms with van der Waals surface area (Å²) in [5.74, 6) is 0.667. The number of fused-ring (bicyclic) bond motifs is 1. The van der Waals surface area contributed by atoms with Crippen molar-refractivity contribution in [3.05, 3.63) is 131 Å². The minimum Gasteiger partial charge on any atom is -0.265 e. The predicted octanol–water partition coefficient (Wildman–Crippen LogP) is 8.45. The fraction of sp³-hybridized carbons (Fsp3) is 0.161. The highest BCUT2D eigenvalue weighted by molar-refractivity contribution is 6.30. The molecule has 34 heavy (non-hydrogen) atoms. The quantitative estimate of drug-likeness (QED) is 0.253. The average molecular weight is 463 g/mol. The maximum atomic E-state index is 6.18. The molecule has 3 aromatic carbocycles. The van der Waals surface area contributed by atoms with Crippen LogP contribution in [0.2, 0.25) is 5.02 Å². The molecule has 2 nitrogen and oxygen atoms in total. The summed E-state index contributed by atoms with van der Waals surface area (Å²) < 4.78 is 0. The molecule has 0 aliphatic carbocycles. The van der Waals surface area contributed by atoms with Crippen LogP contribution >= 0.6 is 11.6 Å². The van der Waals surface area contributed by atoms with Gasteiger partial charge in [0.25, 0.3) is 0 Å². The Balaban J connectivity index is 1.57. The summed E-state index contributed by atoms with van der Waals surface area (Å²) in [5.41, 5.74) is 8.55. The molecule has 3 heteroatoms. The maximum absolute atomic E-state index is 6.18. The van der Waals surface area contributed by atoms with E-state index in [1.54, 1.807) is 0 Å². The van der Waals surface area contributed by atoms with Crippen LogP contribution in [-0.4, -0.2) is 9.97 Å². The predicted molar refractivity (Wildman–Crippen MR) is 143 cm³/mol. The van der Waals surface area contributed by atoms with Gasteiger partial charge in [-0.3, -0.25) is 9.97 Å².